The van der Waals surface area contributed by atoms with Crippen LogP contribution in [0.4, 0.5) is 4.39 Å². The third-order valence-corrected chi connectivity index (χ3v) is 4.33. The zero-order chi connectivity index (χ0) is 18.5. The first-order valence-corrected chi connectivity index (χ1v) is 8.69. The number of aromatic amines is 1. The van der Waals surface area contributed by atoms with Gasteiger partial charge in [-0.25, -0.2) is 4.39 Å². The molecule has 27 heavy (non-hydrogen) atoms. The summed E-state index contributed by atoms with van der Waals surface area (Å²) in [7, 11) is 0. The summed E-state index contributed by atoms with van der Waals surface area (Å²) >= 11 is 0. The number of nitrogens with one attached hydrogen (secondary N) is 2. The van der Waals surface area contributed by atoms with Gasteiger partial charge < -0.3 is 21.8 Å². The van der Waals surface area contributed by atoms with Gasteiger partial charge in [-0.05, 0) is 54.8 Å². The number of amides is 1. The van der Waals surface area contributed by atoms with Crippen molar-refractivity contribution >= 4 is 29.2 Å². The Morgan fingerprint density at radius 2 is 1.93 bits per heavy atom. The topological polar surface area (TPSA) is 96.9 Å². The van der Waals surface area contributed by atoms with Gasteiger partial charge in [-0.3, -0.25) is 4.79 Å². The number of nitrogens with two attached hydrogens (primary N) is 2. The van der Waals surface area contributed by atoms with E-state index < -0.39 is 0 Å². The molecule has 5 nitrogen and oxygen atoms in total. The molecule has 1 unspecified atom stereocenters. The third-order valence-electron chi connectivity index (χ3n) is 4.33. The van der Waals surface area contributed by atoms with Gasteiger partial charge in [-0.15, -0.1) is 12.4 Å². The van der Waals surface area contributed by atoms with Gasteiger partial charge in [0.15, 0.2) is 0 Å². The van der Waals surface area contributed by atoms with Gasteiger partial charge in [0.25, 0.3) is 5.91 Å². The zero-order valence-electron chi connectivity index (χ0n) is 14.9. The first kappa shape index (κ1) is 20.9. The lowest BCUT2D eigenvalue weighted by Gasteiger charge is -2.11. The summed E-state index contributed by atoms with van der Waals surface area (Å²) in [4.78, 5) is 15.4. The molecule has 0 saturated heterocycles. The molecule has 3 aromatic rings. The van der Waals surface area contributed by atoms with Crippen molar-refractivity contribution in [3.8, 4) is 11.1 Å². The molecule has 1 atom stereocenters. The summed E-state index contributed by atoms with van der Waals surface area (Å²) in [5, 5.41) is 3.76. The average Bonchev–Trinajstić information content (AvgIpc) is 3.07. The van der Waals surface area contributed by atoms with E-state index in [0.717, 1.165) is 34.9 Å². The standard InChI is InChI=1S/C20H23FN4O.ClH/c21-16-4-1-3-13(9-16)14-6-7-15-11-19(25-18(15)10-14)20(26)24-12-17(23)5-2-8-22;/h1,3-4,6-7,9-11,17,25H,2,5,8,12,22-23H2,(H,24,26);1H. The van der Waals surface area contributed by atoms with Gasteiger partial charge in [0.05, 0.1) is 0 Å². The molecule has 6 N–H and O–H groups in total. The SMILES string of the molecule is Cl.NCCCC(N)CNC(=O)c1cc2ccc(-c3cccc(F)c3)cc2[nH]1. The Labute approximate surface area is 163 Å². The number of benzene rings is 2. The van der Waals surface area contributed by atoms with Crippen molar-refractivity contribution in [3.63, 3.8) is 0 Å². The molecule has 1 heterocycles. The van der Waals surface area contributed by atoms with Crippen LogP contribution in [0, 0.1) is 5.82 Å². The predicted molar refractivity (Wildman–Crippen MR) is 110 cm³/mol. The van der Waals surface area contributed by atoms with E-state index in [9.17, 15) is 9.18 Å². The van der Waals surface area contributed by atoms with Crippen LogP contribution in [0.15, 0.2) is 48.5 Å². The van der Waals surface area contributed by atoms with Crippen molar-refractivity contribution in [2.75, 3.05) is 13.1 Å². The number of hydrogen-bond donors (Lipinski definition) is 4. The lowest BCUT2D eigenvalue weighted by Crippen LogP contribution is -2.37. The van der Waals surface area contributed by atoms with Crippen LogP contribution in [0.2, 0.25) is 0 Å². The summed E-state index contributed by atoms with van der Waals surface area (Å²) < 4.78 is 13.4. The molecule has 7 heteroatoms. The fraction of sp³-hybridized carbons (Fsp3) is 0.250. The summed E-state index contributed by atoms with van der Waals surface area (Å²) in [6, 6.07) is 13.9. The summed E-state index contributed by atoms with van der Waals surface area (Å²) in [5.41, 5.74) is 14.4. The van der Waals surface area contributed by atoms with Crippen molar-refractivity contribution < 1.29 is 9.18 Å². The highest BCUT2D eigenvalue weighted by Gasteiger charge is 2.11. The molecule has 3 rings (SSSR count). The Bertz CT molecular complexity index is 912. The second kappa shape index (κ2) is 9.50. The molecule has 0 aliphatic rings. The van der Waals surface area contributed by atoms with E-state index in [0.29, 0.717) is 18.8 Å². The molecular weight excluding hydrogens is 367 g/mol. The van der Waals surface area contributed by atoms with Crippen LogP contribution < -0.4 is 16.8 Å². The van der Waals surface area contributed by atoms with Crippen LogP contribution in [-0.4, -0.2) is 30.0 Å². The molecule has 0 spiro atoms. The Morgan fingerprint density at radius 1 is 1.15 bits per heavy atom. The molecule has 1 amide bonds. The molecule has 2 aromatic carbocycles. The normalized spacial score (nSPS) is 11.8. The van der Waals surface area contributed by atoms with Crippen LogP contribution in [0.3, 0.4) is 0 Å². The van der Waals surface area contributed by atoms with Crippen LogP contribution >= 0.6 is 12.4 Å². The van der Waals surface area contributed by atoms with E-state index >= 15 is 0 Å². The molecule has 0 saturated carbocycles. The highest BCUT2D eigenvalue weighted by atomic mass is 35.5. The molecule has 0 aliphatic carbocycles. The number of halogens is 2. The van der Waals surface area contributed by atoms with E-state index in [1.807, 2.05) is 24.3 Å². The number of carbonyl (C=O) groups is 1. The third kappa shape index (κ3) is 5.29. The van der Waals surface area contributed by atoms with E-state index in [1.54, 1.807) is 12.1 Å². The summed E-state index contributed by atoms with van der Waals surface area (Å²) in [6.45, 7) is 1.00. The van der Waals surface area contributed by atoms with Gasteiger partial charge in [0.1, 0.15) is 11.5 Å². The van der Waals surface area contributed by atoms with Crippen molar-refractivity contribution in [1.29, 1.82) is 0 Å². The minimum absolute atomic E-state index is 0. The van der Waals surface area contributed by atoms with E-state index in [1.165, 1.54) is 12.1 Å². The number of H-pyrrole nitrogens is 1. The van der Waals surface area contributed by atoms with Crippen LogP contribution in [0.5, 0.6) is 0 Å². The Hall–Kier alpha value is -2.41. The zero-order valence-corrected chi connectivity index (χ0v) is 15.7. The monoisotopic (exact) mass is 390 g/mol. The smallest absolute Gasteiger partial charge is 0.267 e. The molecular formula is C20H24ClFN4O. The number of hydrogen-bond acceptors (Lipinski definition) is 3. The quantitative estimate of drug-likeness (QED) is 0.498. The maximum atomic E-state index is 13.4. The fourth-order valence-electron chi connectivity index (χ4n) is 2.90. The Kier molecular flexibility index (Phi) is 7.36. The van der Waals surface area contributed by atoms with Crippen molar-refractivity contribution in [3.05, 3.63) is 60.0 Å². The number of carbonyl (C=O) groups excluding carboxylic acids is 1. The lowest BCUT2D eigenvalue weighted by molar-refractivity contribution is 0.0946. The molecule has 1 aromatic heterocycles. The van der Waals surface area contributed by atoms with E-state index in [2.05, 4.69) is 10.3 Å². The van der Waals surface area contributed by atoms with Gasteiger partial charge in [-0.1, -0.05) is 24.3 Å². The van der Waals surface area contributed by atoms with Gasteiger partial charge in [-0.2, -0.15) is 0 Å². The molecule has 0 fully saturated rings. The van der Waals surface area contributed by atoms with Gasteiger partial charge >= 0.3 is 0 Å². The van der Waals surface area contributed by atoms with Crippen LogP contribution in [-0.2, 0) is 0 Å². The number of rotatable bonds is 7. The highest BCUT2D eigenvalue weighted by molar-refractivity contribution is 5.98. The van der Waals surface area contributed by atoms with E-state index in [-0.39, 0.29) is 30.2 Å². The first-order chi connectivity index (χ1) is 12.6. The van der Waals surface area contributed by atoms with E-state index in [4.69, 9.17) is 11.5 Å². The van der Waals surface area contributed by atoms with Crippen molar-refractivity contribution in [2.45, 2.75) is 18.9 Å². The highest BCUT2D eigenvalue weighted by Crippen LogP contribution is 2.25. The minimum atomic E-state index is -0.278. The maximum Gasteiger partial charge on any atom is 0.267 e. The summed E-state index contributed by atoms with van der Waals surface area (Å²) in [6.07, 6.45) is 1.62. The molecule has 0 bridgehead atoms. The molecule has 0 aliphatic heterocycles. The largest absolute Gasteiger partial charge is 0.351 e. The van der Waals surface area contributed by atoms with Crippen molar-refractivity contribution in [2.24, 2.45) is 11.5 Å². The number of fused-ring (bicyclic) bond motifs is 1. The molecule has 144 valence electrons. The first-order valence-electron chi connectivity index (χ1n) is 8.69. The fourth-order valence-corrected chi connectivity index (χ4v) is 2.90. The van der Waals surface area contributed by atoms with Crippen molar-refractivity contribution in [1.82, 2.24) is 10.3 Å². The maximum absolute atomic E-state index is 13.4. The van der Waals surface area contributed by atoms with Gasteiger partial charge in [0.2, 0.25) is 0 Å². The number of aromatic nitrogens is 1. The summed E-state index contributed by atoms with van der Waals surface area (Å²) in [5.74, 6) is -0.475. The average molecular weight is 391 g/mol. The van der Waals surface area contributed by atoms with Gasteiger partial charge in [0, 0.05) is 23.5 Å². The predicted octanol–water partition coefficient (Wildman–Crippen LogP) is 3.19. The Balaban J connectivity index is 0.00000261. The minimum Gasteiger partial charge on any atom is -0.351 e. The molecule has 0 radical (unpaired) electrons. The lowest BCUT2D eigenvalue weighted by atomic mass is 10.0. The van der Waals surface area contributed by atoms with Crippen LogP contribution in [0.25, 0.3) is 22.0 Å². The second-order valence-corrected chi connectivity index (χ2v) is 6.40. The second-order valence-electron chi connectivity index (χ2n) is 6.40. The van der Waals surface area contributed by atoms with Crippen LogP contribution in [0.1, 0.15) is 23.3 Å². The Morgan fingerprint density at radius 3 is 2.67 bits per heavy atom.